The molecule has 25 heavy (non-hydrogen) atoms. The Labute approximate surface area is 157 Å². The van der Waals surface area contributed by atoms with Crippen molar-refractivity contribution in [2.45, 2.75) is 13.3 Å². The number of nitrogens with zero attached hydrogens (tertiary/aromatic N) is 1. The Hall–Kier alpha value is -2.42. The van der Waals surface area contributed by atoms with Crippen molar-refractivity contribution in [3.05, 3.63) is 71.8 Å². The minimum atomic E-state index is -1.59. The molecule has 3 nitrogen and oxygen atoms in total. The van der Waals surface area contributed by atoms with Crippen LogP contribution in [-0.2, 0) is 4.79 Å². The lowest BCUT2D eigenvalue weighted by molar-refractivity contribution is -0.142. The van der Waals surface area contributed by atoms with E-state index in [0.29, 0.717) is 11.1 Å². The van der Waals surface area contributed by atoms with E-state index >= 15 is 0 Å². The molecule has 2 aromatic rings. The molecule has 1 N–H and O–H groups in total. The molecule has 2 rings (SSSR count). The zero-order valence-electron chi connectivity index (χ0n) is 13.7. The van der Waals surface area contributed by atoms with Gasteiger partial charge in [-0.3, -0.25) is 4.79 Å². The van der Waals surface area contributed by atoms with Crippen LogP contribution in [0.25, 0.3) is 0 Å². The Morgan fingerprint density at radius 2 is 1.44 bits per heavy atom. The number of benzene rings is 2. The molecule has 0 fully saturated rings. The Kier molecular flexibility index (Phi) is 6.13. The van der Waals surface area contributed by atoms with Gasteiger partial charge in [0.25, 0.3) is 0 Å². The normalized spacial score (nSPS) is 12.0. The third-order valence-electron chi connectivity index (χ3n) is 4.05. The van der Waals surface area contributed by atoms with Gasteiger partial charge in [0.2, 0.25) is 0 Å². The molecule has 1 atom stereocenters. The highest BCUT2D eigenvalue weighted by Gasteiger charge is 2.48. The minimum absolute atomic E-state index is 0.0281. The fourth-order valence-corrected chi connectivity index (χ4v) is 3.63. The van der Waals surface area contributed by atoms with E-state index in [1.54, 1.807) is 55.5 Å². The lowest BCUT2D eigenvalue weighted by atomic mass is 9.71. The standard InChI is InChI=1S/C20H17NO2S2/c1-14(13-21)12-20(19(22)23,17(24)15-8-4-2-5-9-15)18(25)16-10-6-3-7-11-16/h2-11,14H,12H2,1H3,(H,22,23). The van der Waals surface area contributed by atoms with Gasteiger partial charge in [-0.2, -0.15) is 5.26 Å². The predicted octanol–water partition coefficient (Wildman–Crippen LogP) is 4.44. The molecule has 0 aliphatic rings. The van der Waals surface area contributed by atoms with Crippen LogP contribution in [0.15, 0.2) is 60.7 Å². The summed E-state index contributed by atoms with van der Waals surface area (Å²) in [6.45, 7) is 1.68. The Bertz CT molecular complexity index is 774. The highest BCUT2D eigenvalue weighted by molar-refractivity contribution is 7.83. The summed E-state index contributed by atoms with van der Waals surface area (Å²) in [7, 11) is 0. The van der Waals surface area contributed by atoms with Crippen molar-refractivity contribution in [3.63, 3.8) is 0 Å². The Balaban J connectivity index is 2.65. The number of thiocarbonyl (C=S) groups is 2. The highest BCUT2D eigenvalue weighted by atomic mass is 32.1. The molecule has 0 bridgehead atoms. The van der Waals surface area contributed by atoms with Crippen molar-refractivity contribution in [2.24, 2.45) is 11.3 Å². The average molecular weight is 367 g/mol. The van der Waals surface area contributed by atoms with Crippen LogP contribution >= 0.6 is 24.4 Å². The molecule has 126 valence electrons. The van der Waals surface area contributed by atoms with Crippen LogP contribution in [-0.4, -0.2) is 20.8 Å². The summed E-state index contributed by atoms with van der Waals surface area (Å²) in [6, 6.07) is 20.0. The molecular weight excluding hydrogens is 350 g/mol. The summed E-state index contributed by atoms with van der Waals surface area (Å²) >= 11 is 11.2. The first-order valence-electron chi connectivity index (χ1n) is 7.76. The van der Waals surface area contributed by atoms with E-state index in [1.165, 1.54) is 0 Å². The van der Waals surface area contributed by atoms with Crippen LogP contribution < -0.4 is 0 Å². The first-order chi connectivity index (χ1) is 11.9. The van der Waals surface area contributed by atoms with Crippen LogP contribution in [0, 0.1) is 22.7 Å². The second-order valence-corrected chi connectivity index (χ2v) is 6.65. The summed E-state index contributed by atoms with van der Waals surface area (Å²) in [5, 5.41) is 19.4. The molecule has 0 saturated heterocycles. The Morgan fingerprint density at radius 3 is 1.76 bits per heavy atom. The quantitative estimate of drug-likeness (QED) is 0.579. The second-order valence-electron chi connectivity index (χ2n) is 5.84. The highest BCUT2D eigenvalue weighted by Crippen LogP contribution is 2.37. The van der Waals surface area contributed by atoms with Crippen molar-refractivity contribution >= 4 is 40.1 Å². The van der Waals surface area contributed by atoms with Gasteiger partial charge in [0.05, 0.1) is 6.07 Å². The van der Waals surface area contributed by atoms with Crippen molar-refractivity contribution < 1.29 is 9.90 Å². The van der Waals surface area contributed by atoms with Crippen LogP contribution in [0.3, 0.4) is 0 Å². The number of hydrogen-bond acceptors (Lipinski definition) is 4. The van der Waals surface area contributed by atoms with Gasteiger partial charge >= 0.3 is 5.97 Å². The van der Waals surface area contributed by atoms with E-state index in [4.69, 9.17) is 24.4 Å². The van der Waals surface area contributed by atoms with Crippen molar-refractivity contribution in [1.29, 1.82) is 5.26 Å². The lowest BCUT2D eigenvalue weighted by Crippen LogP contribution is -2.46. The first kappa shape index (κ1) is 18.9. The summed E-state index contributed by atoms with van der Waals surface area (Å²) in [5.74, 6) is -1.64. The smallest absolute Gasteiger partial charge is 0.320 e. The predicted molar refractivity (Wildman–Crippen MR) is 106 cm³/mol. The maximum absolute atomic E-state index is 12.4. The molecule has 0 spiro atoms. The molecule has 2 aromatic carbocycles. The van der Waals surface area contributed by atoms with Crippen LogP contribution in [0.2, 0.25) is 0 Å². The number of aliphatic carboxylic acids is 1. The maximum atomic E-state index is 12.4. The van der Waals surface area contributed by atoms with Gasteiger partial charge in [-0.1, -0.05) is 85.1 Å². The molecule has 0 saturated carbocycles. The van der Waals surface area contributed by atoms with Crippen LogP contribution in [0.4, 0.5) is 0 Å². The molecular formula is C20H17NO2S2. The van der Waals surface area contributed by atoms with Gasteiger partial charge < -0.3 is 5.11 Å². The number of hydrogen-bond donors (Lipinski definition) is 1. The Morgan fingerprint density at radius 1 is 1.04 bits per heavy atom. The van der Waals surface area contributed by atoms with Gasteiger partial charge in [0, 0.05) is 15.6 Å². The minimum Gasteiger partial charge on any atom is -0.480 e. The molecule has 0 aromatic heterocycles. The molecule has 0 aliphatic carbocycles. The van der Waals surface area contributed by atoms with Gasteiger partial charge in [-0.15, -0.1) is 0 Å². The molecule has 0 radical (unpaired) electrons. The van der Waals surface area contributed by atoms with E-state index in [9.17, 15) is 15.2 Å². The average Bonchev–Trinajstić information content (AvgIpc) is 2.66. The van der Waals surface area contributed by atoms with E-state index < -0.39 is 17.3 Å². The van der Waals surface area contributed by atoms with Gasteiger partial charge in [-0.05, 0) is 24.5 Å². The van der Waals surface area contributed by atoms with Gasteiger partial charge in [-0.25, -0.2) is 0 Å². The summed E-state index contributed by atoms with van der Waals surface area (Å²) < 4.78 is 0. The SMILES string of the molecule is CC(C#N)CC(C(=O)O)(C(=S)c1ccccc1)C(=S)c1ccccc1. The molecule has 5 heteroatoms. The van der Waals surface area contributed by atoms with Crippen LogP contribution in [0.1, 0.15) is 24.5 Å². The summed E-state index contributed by atoms with van der Waals surface area (Å²) in [6.07, 6.45) is 0.0281. The van der Waals surface area contributed by atoms with E-state index in [1.807, 2.05) is 12.1 Å². The second kappa shape index (κ2) is 8.11. The largest absolute Gasteiger partial charge is 0.480 e. The molecule has 0 aliphatic heterocycles. The fourth-order valence-electron chi connectivity index (χ4n) is 2.75. The van der Waals surface area contributed by atoms with Crippen molar-refractivity contribution in [2.75, 3.05) is 0 Å². The molecule has 1 unspecified atom stereocenters. The van der Waals surface area contributed by atoms with Gasteiger partial charge in [0.1, 0.15) is 5.41 Å². The van der Waals surface area contributed by atoms with Crippen molar-refractivity contribution in [3.8, 4) is 6.07 Å². The third kappa shape index (κ3) is 3.81. The monoisotopic (exact) mass is 367 g/mol. The first-order valence-corrected chi connectivity index (χ1v) is 8.58. The number of carboxylic acids is 1. The van der Waals surface area contributed by atoms with E-state index in [-0.39, 0.29) is 16.1 Å². The number of nitriles is 1. The fraction of sp³-hybridized carbons (Fsp3) is 0.200. The van der Waals surface area contributed by atoms with Crippen molar-refractivity contribution in [1.82, 2.24) is 0 Å². The lowest BCUT2D eigenvalue weighted by Gasteiger charge is -2.32. The number of carbonyl (C=O) groups is 1. The maximum Gasteiger partial charge on any atom is 0.320 e. The third-order valence-corrected chi connectivity index (χ3v) is 5.21. The van der Waals surface area contributed by atoms with E-state index in [0.717, 1.165) is 0 Å². The molecule has 0 amide bonds. The summed E-state index contributed by atoms with van der Waals surface area (Å²) in [5.41, 5.74) is -0.339. The van der Waals surface area contributed by atoms with E-state index in [2.05, 4.69) is 6.07 Å². The van der Waals surface area contributed by atoms with Gasteiger partial charge in [0.15, 0.2) is 0 Å². The zero-order chi connectivity index (χ0) is 18.4. The molecule has 0 heterocycles. The summed E-state index contributed by atoms with van der Waals surface area (Å²) in [4.78, 5) is 12.9. The van der Waals surface area contributed by atoms with Crippen LogP contribution in [0.5, 0.6) is 0 Å². The number of carboxylic acid groups (broad SMARTS) is 1. The zero-order valence-corrected chi connectivity index (χ0v) is 15.3. The topological polar surface area (TPSA) is 61.1 Å². The number of rotatable bonds is 7.